The second kappa shape index (κ2) is 7.88. The van der Waals surface area contributed by atoms with Gasteiger partial charge in [-0.05, 0) is 38.5 Å². The van der Waals surface area contributed by atoms with Crippen molar-refractivity contribution in [3.05, 3.63) is 53.5 Å². The summed E-state index contributed by atoms with van der Waals surface area (Å²) in [6, 6.07) is 12.2. The number of aryl methyl sites for hydroxylation is 3. The molecule has 0 saturated heterocycles. The van der Waals surface area contributed by atoms with Gasteiger partial charge in [-0.3, -0.25) is 9.67 Å². The Kier molecular flexibility index (Phi) is 5.38. The van der Waals surface area contributed by atoms with Crippen LogP contribution in [0, 0.1) is 13.8 Å². The normalized spacial score (nSPS) is 11.9. The molecule has 3 rings (SSSR count). The van der Waals surface area contributed by atoms with Crippen LogP contribution >= 0.6 is 0 Å². The highest BCUT2D eigenvalue weighted by Crippen LogP contribution is 2.18. The van der Waals surface area contributed by atoms with E-state index in [0.29, 0.717) is 6.54 Å². The van der Waals surface area contributed by atoms with Crippen LogP contribution in [0.3, 0.4) is 0 Å². The van der Waals surface area contributed by atoms with E-state index in [1.165, 1.54) is 5.69 Å². The third-order valence-corrected chi connectivity index (χ3v) is 4.07. The van der Waals surface area contributed by atoms with Gasteiger partial charge in [0, 0.05) is 31.2 Å². The number of fused-ring (bicyclic) bond motifs is 1. The Morgan fingerprint density at radius 2 is 2.04 bits per heavy atom. The van der Waals surface area contributed by atoms with Crippen molar-refractivity contribution in [3.8, 4) is 0 Å². The van der Waals surface area contributed by atoms with Crippen molar-refractivity contribution in [1.82, 2.24) is 20.4 Å². The van der Waals surface area contributed by atoms with Crippen LogP contribution < -0.4 is 10.6 Å². The SMILES string of the molecule is CN=C(NCCCn1nc(C)cc1C)NCc1cc2ccccc2o1. The molecular formula is C19H25N5O. The van der Waals surface area contributed by atoms with Crippen molar-refractivity contribution >= 4 is 16.9 Å². The van der Waals surface area contributed by atoms with Crippen LogP contribution in [0.1, 0.15) is 23.6 Å². The highest BCUT2D eigenvalue weighted by molar-refractivity contribution is 5.80. The van der Waals surface area contributed by atoms with E-state index in [-0.39, 0.29) is 0 Å². The molecule has 25 heavy (non-hydrogen) atoms. The van der Waals surface area contributed by atoms with Crippen LogP contribution in [0.5, 0.6) is 0 Å². The Morgan fingerprint density at radius 3 is 2.76 bits per heavy atom. The first kappa shape index (κ1) is 17.1. The first-order valence-corrected chi connectivity index (χ1v) is 8.59. The summed E-state index contributed by atoms with van der Waals surface area (Å²) in [5.41, 5.74) is 3.17. The Morgan fingerprint density at radius 1 is 1.20 bits per heavy atom. The zero-order valence-electron chi connectivity index (χ0n) is 15.0. The highest BCUT2D eigenvalue weighted by Gasteiger charge is 2.05. The van der Waals surface area contributed by atoms with Gasteiger partial charge in [0.1, 0.15) is 11.3 Å². The lowest BCUT2D eigenvalue weighted by Gasteiger charge is -2.11. The van der Waals surface area contributed by atoms with Gasteiger partial charge in [-0.15, -0.1) is 0 Å². The fraction of sp³-hybridized carbons (Fsp3) is 0.368. The Bertz CT molecular complexity index is 829. The van der Waals surface area contributed by atoms with E-state index in [1.54, 1.807) is 7.05 Å². The van der Waals surface area contributed by atoms with E-state index in [1.807, 2.05) is 35.9 Å². The number of furan rings is 1. The van der Waals surface area contributed by atoms with E-state index >= 15 is 0 Å². The van der Waals surface area contributed by atoms with Crippen molar-refractivity contribution in [2.45, 2.75) is 33.4 Å². The molecule has 2 aromatic heterocycles. The summed E-state index contributed by atoms with van der Waals surface area (Å²) in [7, 11) is 1.77. The molecule has 132 valence electrons. The quantitative estimate of drug-likeness (QED) is 0.412. The Balaban J connectivity index is 1.44. The molecule has 0 atom stereocenters. The summed E-state index contributed by atoms with van der Waals surface area (Å²) in [5.74, 6) is 1.67. The maximum Gasteiger partial charge on any atom is 0.191 e. The molecule has 3 aromatic rings. The minimum atomic E-state index is 0.603. The molecule has 0 aliphatic rings. The molecular weight excluding hydrogens is 314 g/mol. The van der Waals surface area contributed by atoms with Gasteiger partial charge in [0.25, 0.3) is 0 Å². The van der Waals surface area contributed by atoms with Crippen LogP contribution in [0.4, 0.5) is 0 Å². The standard InChI is InChI=1S/C19H25N5O/c1-14-11-15(2)24(23-14)10-6-9-21-19(20-3)22-13-17-12-16-7-4-5-8-18(16)25-17/h4-5,7-8,11-12H,6,9-10,13H2,1-3H3,(H2,20,21,22). The van der Waals surface area contributed by atoms with Crippen LogP contribution in [0.25, 0.3) is 11.0 Å². The number of hydrogen-bond acceptors (Lipinski definition) is 3. The number of nitrogens with one attached hydrogen (secondary N) is 2. The van der Waals surface area contributed by atoms with Gasteiger partial charge in [0.15, 0.2) is 5.96 Å². The molecule has 0 bridgehead atoms. The third kappa shape index (κ3) is 4.41. The smallest absolute Gasteiger partial charge is 0.191 e. The molecule has 0 fully saturated rings. The minimum Gasteiger partial charge on any atom is -0.459 e. The molecule has 1 aromatic carbocycles. The maximum atomic E-state index is 5.81. The summed E-state index contributed by atoms with van der Waals surface area (Å²) in [6.07, 6.45) is 0.979. The zero-order valence-corrected chi connectivity index (χ0v) is 15.0. The van der Waals surface area contributed by atoms with Gasteiger partial charge in [-0.25, -0.2) is 0 Å². The predicted octanol–water partition coefficient (Wildman–Crippen LogP) is 3.00. The van der Waals surface area contributed by atoms with Crippen LogP contribution in [0.15, 0.2) is 45.8 Å². The number of hydrogen-bond donors (Lipinski definition) is 2. The molecule has 6 nitrogen and oxygen atoms in total. The van der Waals surface area contributed by atoms with E-state index in [0.717, 1.165) is 47.9 Å². The Labute approximate surface area is 147 Å². The number of aliphatic imine (C=N–C) groups is 1. The molecule has 2 N–H and O–H groups in total. The second-order valence-electron chi connectivity index (χ2n) is 6.11. The van der Waals surface area contributed by atoms with E-state index in [4.69, 9.17) is 4.42 Å². The van der Waals surface area contributed by atoms with Gasteiger partial charge < -0.3 is 15.1 Å². The average Bonchev–Trinajstić information content (AvgIpc) is 3.16. The number of para-hydroxylation sites is 1. The predicted molar refractivity (Wildman–Crippen MR) is 101 cm³/mol. The van der Waals surface area contributed by atoms with Crippen molar-refractivity contribution in [2.24, 2.45) is 4.99 Å². The fourth-order valence-electron chi connectivity index (χ4n) is 2.85. The molecule has 0 amide bonds. The number of rotatable bonds is 6. The van der Waals surface area contributed by atoms with E-state index in [9.17, 15) is 0 Å². The fourth-order valence-corrected chi connectivity index (χ4v) is 2.85. The lowest BCUT2D eigenvalue weighted by atomic mass is 10.2. The number of nitrogens with zero attached hydrogens (tertiary/aromatic N) is 3. The van der Waals surface area contributed by atoms with Crippen molar-refractivity contribution in [1.29, 1.82) is 0 Å². The Hall–Kier alpha value is -2.76. The summed E-state index contributed by atoms with van der Waals surface area (Å²) >= 11 is 0. The zero-order chi connectivity index (χ0) is 17.6. The highest BCUT2D eigenvalue weighted by atomic mass is 16.3. The molecule has 0 aliphatic heterocycles. The molecule has 0 aliphatic carbocycles. The van der Waals surface area contributed by atoms with Gasteiger partial charge in [-0.1, -0.05) is 18.2 Å². The molecule has 0 unspecified atom stereocenters. The molecule has 0 saturated carbocycles. The number of guanidine groups is 1. The molecule has 0 radical (unpaired) electrons. The van der Waals surface area contributed by atoms with Crippen molar-refractivity contribution < 1.29 is 4.42 Å². The maximum absolute atomic E-state index is 5.81. The first-order valence-electron chi connectivity index (χ1n) is 8.59. The number of aromatic nitrogens is 2. The van der Waals surface area contributed by atoms with Crippen molar-refractivity contribution in [3.63, 3.8) is 0 Å². The lowest BCUT2D eigenvalue weighted by Crippen LogP contribution is -2.37. The summed E-state index contributed by atoms with van der Waals surface area (Å²) in [4.78, 5) is 4.25. The average molecular weight is 339 g/mol. The summed E-state index contributed by atoms with van der Waals surface area (Å²) < 4.78 is 7.85. The monoisotopic (exact) mass is 339 g/mol. The van der Waals surface area contributed by atoms with E-state index < -0.39 is 0 Å². The summed E-state index contributed by atoms with van der Waals surface area (Å²) in [6.45, 7) is 6.43. The lowest BCUT2D eigenvalue weighted by molar-refractivity contribution is 0.534. The topological polar surface area (TPSA) is 67.4 Å². The number of benzene rings is 1. The van der Waals surface area contributed by atoms with Crippen LogP contribution in [0.2, 0.25) is 0 Å². The van der Waals surface area contributed by atoms with Gasteiger partial charge in [0.05, 0.1) is 12.2 Å². The third-order valence-electron chi connectivity index (χ3n) is 4.07. The van der Waals surface area contributed by atoms with Crippen LogP contribution in [-0.2, 0) is 13.1 Å². The van der Waals surface area contributed by atoms with Gasteiger partial charge >= 0.3 is 0 Å². The van der Waals surface area contributed by atoms with Gasteiger partial charge in [0.2, 0.25) is 0 Å². The van der Waals surface area contributed by atoms with Gasteiger partial charge in [-0.2, -0.15) is 5.10 Å². The molecule has 0 spiro atoms. The summed E-state index contributed by atoms with van der Waals surface area (Å²) in [5, 5.41) is 12.2. The molecule has 2 heterocycles. The minimum absolute atomic E-state index is 0.603. The second-order valence-corrected chi connectivity index (χ2v) is 6.11. The largest absolute Gasteiger partial charge is 0.459 e. The van der Waals surface area contributed by atoms with Crippen LogP contribution in [-0.4, -0.2) is 29.3 Å². The molecule has 6 heteroatoms. The van der Waals surface area contributed by atoms with Crippen molar-refractivity contribution in [2.75, 3.05) is 13.6 Å². The first-order chi connectivity index (χ1) is 12.2. The van der Waals surface area contributed by atoms with E-state index in [2.05, 4.69) is 39.8 Å².